The van der Waals surface area contributed by atoms with E-state index in [2.05, 4.69) is 82.0 Å². The molecule has 0 spiro atoms. The fourth-order valence-corrected chi connectivity index (χ4v) is 6.69. The summed E-state index contributed by atoms with van der Waals surface area (Å²) in [5.41, 5.74) is 16.6. The number of likely N-dealkylation sites (tertiary alicyclic amines) is 1. The number of rotatable bonds is 8. The summed E-state index contributed by atoms with van der Waals surface area (Å²) in [5, 5.41) is 10.6. The molecule has 5 aromatic rings. The summed E-state index contributed by atoms with van der Waals surface area (Å²) >= 11 is 0. The van der Waals surface area contributed by atoms with Crippen molar-refractivity contribution in [3.05, 3.63) is 107 Å². The van der Waals surface area contributed by atoms with Gasteiger partial charge in [-0.15, -0.1) is 12.4 Å². The monoisotopic (exact) mass is 649 g/mol. The van der Waals surface area contributed by atoms with Crippen LogP contribution in [0.15, 0.2) is 85.1 Å². The molecule has 0 aliphatic carbocycles. The van der Waals surface area contributed by atoms with Gasteiger partial charge in [0.25, 0.3) is 0 Å². The Kier molecular flexibility index (Phi) is 9.68. The minimum Gasteiger partial charge on any atom is -0.374 e. The average molecular weight is 650 g/mol. The van der Waals surface area contributed by atoms with Gasteiger partial charge in [0.15, 0.2) is 5.65 Å². The first kappa shape index (κ1) is 32.4. The van der Waals surface area contributed by atoms with Crippen LogP contribution in [0.4, 0.5) is 5.69 Å². The van der Waals surface area contributed by atoms with Gasteiger partial charge in [0, 0.05) is 48.6 Å². The highest BCUT2D eigenvalue weighted by atomic mass is 35.5. The summed E-state index contributed by atoms with van der Waals surface area (Å²) in [6.07, 6.45) is 4.96. The smallest absolute Gasteiger partial charge is 0.249 e. The molecule has 2 saturated heterocycles. The number of imide groups is 1. The summed E-state index contributed by atoms with van der Waals surface area (Å²) in [7, 11) is 0. The Morgan fingerprint density at radius 3 is 2.36 bits per heavy atom. The molecule has 2 amide bonds. The fourth-order valence-electron chi connectivity index (χ4n) is 6.69. The average Bonchev–Trinajstić information content (AvgIpc) is 3.52. The van der Waals surface area contributed by atoms with E-state index in [4.69, 9.17) is 10.8 Å². The topological polar surface area (TPSA) is 118 Å². The van der Waals surface area contributed by atoms with E-state index in [1.54, 1.807) is 0 Å². The third kappa shape index (κ3) is 7.07. The van der Waals surface area contributed by atoms with E-state index in [0.717, 1.165) is 71.9 Å². The third-order valence-electron chi connectivity index (χ3n) is 9.42. The van der Waals surface area contributed by atoms with E-state index in [-0.39, 0.29) is 30.3 Å². The Labute approximate surface area is 281 Å². The first-order valence-electron chi connectivity index (χ1n) is 16.1. The lowest BCUT2D eigenvalue weighted by molar-refractivity contribution is -0.133. The van der Waals surface area contributed by atoms with Crippen molar-refractivity contribution in [2.45, 2.75) is 57.7 Å². The maximum Gasteiger partial charge on any atom is 0.249 e. The molecule has 0 radical (unpaired) electrons. The highest BCUT2D eigenvalue weighted by Gasteiger charge is 2.26. The van der Waals surface area contributed by atoms with Gasteiger partial charge in [0.05, 0.1) is 11.4 Å². The number of fused-ring (bicyclic) bond motifs is 1. The van der Waals surface area contributed by atoms with Crippen molar-refractivity contribution in [1.82, 2.24) is 24.8 Å². The first-order chi connectivity index (χ1) is 22.4. The summed E-state index contributed by atoms with van der Waals surface area (Å²) in [5.74, 6) is 0.0852. The van der Waals surface area contributed by atoms with Gasteiger partial charge in [-0.2, -0.15) is 5.10 Å². The molecule has 9 nitrogen and oxygen atoms in total. The maximum absolute atomic E-state index is 12.1. The van der Waals surface area contributed by atoms with Crippen LogP contribution in [0.3, 0.4) is 0 Å². The van der Waals surface area contributed by atoms with Crippen LogP contribution in [0.2, 0.25) is 0 Å². The van der Waals surface area contributed by atoms with Crippen LogP contribution in [0, 0.1) is 6.92 Å². The van der Waals surface area contributed by atoms with Crippen LogP contribution in [-0.2, 0) is 22.7 Å². The molecule has 2 fully saturated rings. The number of carbonyl (C=O) groups excluding carboxylic acids is 2. The van der Waals surface area contributed by atoms with Gasteiger partial charge in [-0.25, -0.2) is 9.50 Å². The number of aromatic nitrogens is 3. The number of amides is 2. The Balaban J connectivity index is 0.00000386. The largest absolute Gasteiger partial charge is 0.374 e. The molecule has 2 aliphatic heterocycles. The summed E-state index contributed by atoms with van der Waals surface area (Å²) < 4.78 is 1.92. The predicted molar refractivity (Wildman–Crippen MR) is 187 cm³/mol. The number of nitrogens with zero attached hydrogens (tertiary/aromatic N) is 4. The van der Waals surface area contributed by atoms with Crippen LogP contribution in [0.5, 0.6) is 0 Å². The second kappa shape index (κ2) is 14.0. The lowest BCUT2D eigenvalue weighted by Crippen LogP contribution is -2.47. The van der Waals surface area contributed by atoms with Crippen molar-refractivity contribution >= 4 is 35.6 Å². The molecular formula is C37H40ClN7O2. The normalized spacial score (nSPS) is 17.4. The van der Waals surface area contributed by atoms with Crippen molar-refractivity contribution in [1.29, 1.82) is 0 Å². The second-order valence-electron chi connectivity index (χ2n) is 12.5. The number of hydrogen-bond donors (Lipinski definition) is 3. The zero-order valence-electron chi connectivity index (χ0n) is 26.5. The van der Waals surface area contributed by atoms with Crippen LogP contribution < -0.4 is 16.4 Å². The highest BCUT2D eigenvalue weighted by molar-refractivity contribution is 6.01. The van der Waals surface area contributed by atoms with E-state index in [0.29, 0.717) is 25.3 Å². The Morgan fingerprint density at radius 2 is 1.66 bits per heavy atom. The molecule has 47 heavy (non-hydrogen) atoms. The van der Waals surface area contributed by atoms with Crippen LogP contribution in [0.1, 0.15) is 53.9 Å². The second-order valence-corrected chi connectivity index (χ2v) is 12.5. The Bertz CT molecular complexity index is 1880. The molecule has 2 aliphatic rings. The molecule has 1 unspecified atom stereocenters. The molecule has 3 aromatic carbocycles. The number of anilines is 1. The van der Waals surface area contributed by atoms with Gasteiger partial charge in [-0.3, -0.25) is 19.8 Å². The van der Waals surface area contributed by atoms with Gasteiger partial charge in [0.1, 0.15) is 6.04 Å². The first-order valence-corrected chi connectivity index (χ1v) is 16.1. The van der Waals surface area contributed by atoms with E-state index >= 15 is 0 Å². The van der Waals surface area contributed by atoms with E-state index in [9.17, 15) is 9.59 Å². The molecule has 2 aromatic heterocycles. The standard InChI is InChI=1S/C37H39N7O2.ClH/c1-24-20-29(6-7-30(24)22-38)34-14-17-39-35-21-33(42-44(34)35)28-4-2-25(3-5-28)23-43-18-15-27(16-19-43)26-8-10-31(11-9-26)40-32-12-13-36(45)41-37(32)46;/h2-11,14,17,20-21,27,32,40H,12-13,15-16,18-19,22-23,38H2,1H3,(H,41,45,46);1H. The van der Waals surface area contributed by atoms with E-state index in [1.165, 1.54) is 16.7 Å². The van der Waals surface area contributed by atoms with Gasteiger partial charge in [-0.1, -0.05) is 48.5 Å². The van der Waals surface area contributed by atoms with Crippen LogP contribution >= 0.6 is 12.4 Å². The molecule has 242 valence electrons. The molecule has 0 bridgehead atoms. The third-order valence-corrected chi connectivity index (χ3v) is 9.42. The SMILES string of the molecule is Cc1cc(-c2ccnc3cc(-c4ccc(CN5CCC(c6ccc(NC7CCC(=O)NC7=O)cc6)CC5)cc4)nn23)ccc1CN.Cl. The number of piperidine rings is 2. The summed E-state index contributed by atoms with van der Waals surface area (Å²) in [6, 6.07) is 27.2. The van der Waals surface area contributed by atoms with Crippen molar-refractivity contribution in [2.75, 3.05) is 18.4 Å². The van der Waals surface area contributed by atoms with Crippen molar-refractivity contribution in [2.24, 2.45) is 5.73 Å². The lowest BCUT2D eigenvalue weighted by atomic mass is 9.89. The highest BCUT2D eigenvalue weighted by Crippen LogP contribution is 2.31. The molecular weight excluding hydrogens is 610 g/mol. The number of nitrogens with one attached hydrogen (secondary N) is 2. The van der Waals surface area contributed by atoms with Crippen LogP contribution in [0.25, 0.3) is 28.2 Å². The molecule has 0 saturated carbocycles. The fraction of sp³-hybridized carbons (Fsp3) is 0.297. The van der Waals surface area contributed by atoms with Crippen LogP contribution in [-0.4, -0.2) is 50.4 Å². The quantitative estimate of drug-likeness (QED) is 0.181. The molecule has 4 heterocycles. The minimum atomic E-state index is -0.361. The zero-order chi connectivity index (χ0) is 31.6. The van der Waals surface area contributed by atoms with Gasteiger partial charge < -0.3 is 11.1 Å². The number of nitrogens with two attached hydrogens (primary N) is 1. The van der Waals surface area contributed by atoms with E-state index in [1.807, 2.05) is 35.0 Å². The number of hydrogen-bond acceptors (Lipinski definition) is 7. The maximum atomic E-state index is 12.1. The van der Waals surface area contributed by atoms with Crippen molar-refractivity contribution in [3.63, 3.8) is 0 Å². The Morgan fingerprint density at radius 1 is 0.915 bits per heavy atom. The predicted octanol–water partition coefficient (Wildman–Crippen LogP) is 5.85. The number of carbonyl (C=O) groups is 2. The number of halogens is 1. The Hall–Kier alpha value is -4.57. The van der Waals surface area contributed by atoms with Gasteiger partial charge in [-0.05, 0) is 91.7 Å². The molecule has 4 N–H and O–H groups in total. The minimum absolute atomic E-state index is 0. The molecule has 7 rings (SSSR count). The number of aryl methyl sites for hydroxylation is 1. The van der Waals surface area contributed by atoms with Gasteiger partial charge >= 0.3 is 0 Å². The number of benzene rings is 3. The summed E-state index contributed by atoms with van der Waals surface area (Å²) in [4.78, 5) is 30.6. The van der Waals surface area contributed by atoms with Crippen molar-refractivity contribution < 1.29 is 9.59 Å². The summed E-state index contributed by atoms with van der Waals surface area (Å²) in [6.45, 7) is 5.65. The molecule has 1 atom stereocenters. The lowest BCUT2D eigenvalue weighted by Gasteiger charge is -2.32. The van der Waals surface area contributed by atoms with Gasteiger partial charge in [0.2, 0.25) is 11.8 Å². The molecule has 10 heteroatoms. The zero-order valence-corrected chi connectivity index (χ0v) is 27.3. The van der Waals surface area contributed by atoms with Crippen molar-refractivity contribution in [3.8, 4) is 22.5 Å². The van der Waals surface area contributed by atoms with E-state index < -0.39 is 0 Å².